The van der Waals surface area contributed by atoms with Crippen molar-refractivity contribution in [2.24, 2.45) is 0 Å². The number of halogens is 1. The topological polar surface area (TPSA) is 51.6 Å². The molecule has 1 aliphatic heterocycles. The summed E-state index contributed by atoms with van der Waals surface area (Å²) in [7, 11) is 1.64. The summed E-state index contributed by atoms with van der Waals surface area (Å²) in [5.41, 5.74) is 3.92. The highest BCUT2D eigenvalue weighted by molar-refractivity contribution is 7.80. The number of nitrogens with zero attached hydrogens (tertiary/aromatic N) is 3. The minimum absolute atomic E-state index is 0.177. The normalized spacial score (nSPS) is 17.0. The monoisotopic (exact) mass is 554 g/mol. The molecule has 0 bridgehead atoms. The van der Waals surface area contributed by atoms with Crippen LogP contribution in [0.4, 0.5) is 5.69 Å². The molecule has 0 saturated carbocycles. The molecular formula is C31H27ClN4O2S. The molecule has 3 heterocycles. The fourth-order valence-corrected chi connectivity index (χ4v) is 5.70. The molecule has 39 heavy (non-hydrogen) atoms. The van der Waals surface area contributed by atoms with E-state index in [0.29, 0.717) is 29.1 Å². The molecule has 3 aromatic carbocycles. The zero-order chi connectivity index (χ0) is 26.8. The predicted molar refractivity (Wildman–Crippen MR) is 160 cm³/mol. The van der Waals surface area contributed by atoms with Gasteiger partial charge in [-0.3, -0.25) is 4.98 Å². The summed E-state index contributed by atoms with van der Waals surface area (Å²) >= 11 is 12.6. The van der Waals surface area contributed by atoms with Gasteiger partial charge in [0.2, 0.25) is 0 Å². The van der Waals surface area contributed by atoms with Crippen molar-refractivity contribution >= 4 is 45.4 Å². The quantitative estimate of drug-likeness (QED) is 0.167. The van der Waals surface area contributed by atoms with Gasteiger partial charge in [-0.05, 0) is 77.6 Å². The highest BCUT2D eigenvalue weighted by Gasteiger charge is 2.42. The lowest BCUT2D eigenvalue weighted by Gasteiger charge is -2.29. The molecule has 1 saturated heterocycles. The number of nitrogens with one attached hydrogen (secondary N) is 1. The number of benzene rings is 3. The minimum Gasteiger partial charge on any atom is -0.490 e. The molecule has 0 unspecified atom stereocenters. The van der Waals surface area contributed by atoms with Crippen molar-refractivity contribution in [3.63, 3.8) is 0 Å². The van der Waals surface area contributed by atoms with Gasteiger partial charge in [0.05, 0.1) is 23.4 Å². The molecule has 6 nitrogen and oxygen atoms in total. The van der Waals surface area contributed by atoms with Gasteiger partial charge in [-0.15, -0.1) is 0 Å². The third-order valence-corrected chi connectivity index (χ3v) is 7.54. The number of fused-ring (bicyclic) bond motifs is 1. The molecule has 5 aromatic rings. The smallest absolute Gasteiger partial charge is 0.174 e. The second kappa shape index (κ2) is 11.1. The van der Waals surface area contributed by atoms with Crippen LogP contribution in [-0.2, 0) is 4.74 Å². The van der Waals surface area contributed by atoms with E-state index in [-0.39, 0.29) is 12.1 Å². The summed E-state index contributed by atoms with van der Waals surface area (Å²) in [5.74, 6) is 0.605. The van der Waals surface area contributed by atoms with Crippen LogP contribution in [0, 0.1) is 0 Å². The van der Waals surface area contributed by atoms with Crippen molar-refractivity contribution in [3.05, 3.63) is 120 Å². The number of ether oxygens (including phenoxy) is 2. The standard InChI is InChI=1S/C31H27ClN4O2S/c1-37-17-18-38-28-14-13-24(20-25(28)32)36-30(29(34-31(36)39)26-9-4-5-15-33-26)27-10-6-16-35(27)23-12-11-21-7-2-3-8-22(21)19-23/h2-16,19-20,29-30H,17-18H2,1H3,(H,34,39)/t29-,30-/m0/s1. The average Bonchev–Trinajstić information content (AvgIpc) is 3.58. The SMILES string of the molecule is COCCOc1ccc(N2C(=S)N[C@@H](c3ccccn3)[C@@H]2c2cccn2-c2ccc3ccccc3c2)cc1Cl. The Bertz CT molecular complexity index is 1620. The fraction of sp³-hybridized carbons (Fsp3) is 0.161. The van der Waals surface area contributed by atoms with Gasteiger partial charge in [0.15, 0.2) is 5.11 Å². The Balaban J connectivity index is 1.44. The third-order valence-electron chi connectivity index (χ3n) is 6.93. The maximum Gasteiger partial charge on any atom is 0.174 e. The lowest BCUT2D eigenvalue weighted by Crippen LogP contribution is -2.30. The molecule has 196 valence electrons. The second-order valence-electron chi connectivity index (χ2n) is 9.29. The Morgan fingerprint density at radius 1 is 0.897 bits per heavy atom. The van der Waals surface area contributed by atoms with Crippen LogP contribution in [0.15, 0.2) is 103 Å². The molecule has 2 aromatic heterocycles. The first kappa shape index (κ1) is 25.4. The number of thiocarbonyl (C=S) groups is 1. The average molecular weight is 555 g/mol. The highest BCUT2D eigenvalue weighted by atomic mass is 35.5. The Hall–Kier alpha value is -3.91. The van der Waals surface area contributed by atoms with Crippen LogP contribution in [-0.4, -0.2) is 35.0 Å². The molecule has 0 aliphatic carbocycles. The number of aromatic nitrogens is 2. The van der Waals surface area contributed by atoms with E-state index in [0.717, 1.165) is 22.8 Å². The number of rotatable bonds is 8. The largest absolute Gasteiger partial charge is 0.490 e. The van der Waals surface area contributed by atoms with Gasteiger partial charge < -0.3 is 24.3 Å². The molecule has 8 heteroatoms. The second-order valence-corrected chi connectivity index (χ2v) is 10.1. The van der Waals surface area contributed by atoms with E-state index >= 15 is 0 Å². The lowest BCUT2D eigenvalue weighted by molar-refractivity contribution is 0.146. The lowest BCUT2D eigenvalue weighted by atomic mass is 10.0. The van der Waals surface area contributed by atoms with Crippen LogP contribution in [0.1, 0.15) is 23.5 Å². The molecule has 0 spiro atoms. The van der Waals surface area contributed by atoms with Crippen molar-refractivity contribution in [2.75, 3.05) is 25.2 Å². The number of pyridine rings is 1. The van der Waals surface area contributed by atoms with Gasteiger partial charge in [-0.1, -0.05) is 48.0 Å². The zero-order valence-electron chi connectivity index (χ0n) is 21.3. The first-order valence-corrected chi connectivity index (χ1v) is 13.5. The maximum atomic E-state index is 6.67. The zero-order valence-corrected chi connectivity index (χ0v) is 22.9. The summed E-state index contributed by atoms with van der Waals surface area (Å²) in [4.78, 5) is 6.80. The van der Waals surface area contributed by atoms with E-state index in [9.17, 15) is 0 Å². The van der Waals surface area contributed by atoms with Gasteiger partial charge in [0.25, 0.3) is 0 Å². The van der Waals surface area contributed by atoms with E-state index in [1.165, 1.54) is 10.8 Å². The van der Waals surface area contributed by atoms with Crippen molar-refractivity contribution in [2.45, 2.75) is 12.1 Å². The molecule has 0 radical (unpaired) electrons. The summed E-state index contributed by atoms with van der Waals surface area (Å²) in [6, 6.07) is 30.4. The molecule has 1 N–H and O–H groups in total. The van der Waals surface area contributed by atoms with E-state index in [1.807, 2.05) is 42.6 Å². The van der Waals surface area contributed by atoms with Crippen molar-refractivity contribution in [1.82, 2.24) is 14.9 Å². The van der Waals surface area contributed by atoms with Crippen LogP contribution in [0.3, 0.4) is 0 Å². The number of hydrogen-bond donors (Lipinski definition) is 1. The van der Waals surface area contributed by atoms with Crippen LogP contribution >= 0.6 is 23.8 Å². The van der Waals surface area contributed by atoms with E-state index in [1.54, 1.807) is 7.11 Å². The number of methoxy groups -OCH3 is 1. The molecule has 0 amide bonds. The summed E-state index contributed by atoms with van der Waals surface area (Å²) in [6.45, 7) is 0.903. The van der Waals surface area contributed by atoms with Crippen LogP contribution in [0.5, 0.6) is 5.75 Å². The van der Waals surface area contributed by atoms with Crippen molar-refractivity contribution < 1.29 is 9.47 Å². The first-order valence-electron chi connectivity index (χ1n) is 12.7. The van der Waals surface area contributed by atoms with Crippen LogP contribution in [0.2, 0.25) is 5.02 Å². The Kier molecular flexibility index (Phi) is 7.20. The maximum absolute atomic E-state index is 6.67. The van der Waals surface area contributed by atoms with Crippen LogP contribution < -0.4 is 15.0 Å². The molecule has 6 rings (SSSR count). The van der Waals surface area contributed by atoms with Gasteiger partial charge in [0, 0.05) is 36.6 Å². The fourth-order valence-electron chi connectivity index (χ4n) is 5.12. The Morgan fingerprint density at radius 2 is 1.72 bits per heavy atom. The first-order chi connectivity index (χ1) is 19.1. The van der Waals surface area contributed by atoms with E-state index in [2.05, 4.69) is 80.6 Å². The van der Waals surface area contributed by atoms with Crippen molar-refractivity contribution in [3.8, 4) is 11.4 Å². The van der Waals surface area contributed by atoms with Gasteiger partial charge in [-0.2, -0.15) is 0 Å². The number of anilines is 1. The van der Waals surface area contributed by atoms with E-state index in [4.69, 9.17) is 33.3 Å². The minimum atomic E-state index is -0.190. The number of hydrogen-bond acceptors (Lipinski definition) is 4. The molecule has 1 aliphatic rings. The van der Waals surface area contributed by atoms with Gasteiger partial charge >= 0.3 is 0 Å². The Labute approximate surface area is 237 Å². The van der Waals surface area contributed by atoms with Gasteiger partial charge in [-0.25, -0.2) is 0 Å². The Morgan fingerprint density at radius 3 is 2.51 bits per heavy atom. The van der Waals surface area contributed by atoms with Crippen LogP contribution in [0.25, 0.3) is 16.5 Å². The summed E-state index contributed by atoms with van der Waals surface area (Å²) in [5, 5.41) is 7.03. The molecular weight excluding hydrogens is 528 g/mol. The predicted octanol–water partition coefficient (Wildman–Crippen LogP) is 6.88. The molecule has 1 fully saturated rings. The third kappa shape index (κ3) is 4.96. The van der Waals surface area contributed by atoms with Crippen molar-refractivity contribution in [1.29, 1.82) is 0 Å². The summed E-state index contributed by atoms with van der Waals surface area (Å²) < 4.78 is 13.1. The molecule has 2 atom stereocenters. The van der Waals surface area contributed by atoms with Gasteiger partial charge in [0.1, 0.15) is 18.4 Å². The summed E-state index contributed by atoms with van der Waals surface area (Å²) in [6.07, 6.45) is 3.90. The highest BCUT2D eigenvalue weighted by Crippen LogP contribution is 2.43. The van der Waals surface area contributed by atoms with E-state index < -0.39 is 0 Å².